The number of rotatable bonds is 5. The highest BCUT2D eigenvalue weighted by Gasteiger charge is 2.15. The Hall–Kier alpha value is -2.90. The van der Waals surface area contributed by atoms with Gasteiger partial charge in [0.1, 0.15) is 18.7 Å². The maximum absolute atomic E-state index is 12.3. The summed E-state index contributed by atoms with van der Waals surface area (Å²) in [5.41, 5.74) is 1.51. The maximum atomic E-state index is 12.3. The fourth-order valence-corrected chi connectivity index (χ4v) is 2.84. The molecule has 0 aliphatic carbocycles. The van der Waals surface area contributed by atoms with E-state index >= 15 is 0 Å². The molecule has 0 aliphatic rings. The molecule has 0 spiro atoms. The number of hydrogen-bond acceptors (Lipinski definition) is 4. The molecule has 1 heterocycles. The molecular formula is C18H15Cl2N5O2. The summed E-state index contributed by atoms with van der Waals surface area (Å²) in [6.45, 7) is 1.72. The van der Waals surface area contributed by atoms with Gasteiger partial charge in [0.2, 0.25) is 5.91 Å². The van der Waals surface area contributed by atoms with Crippen molar-refractivity contribution in [1.82, 2.24) is 14.8 Å². The van der Waals surface area contributed by atoms with Crippen molar-refractivity contribution in [2.24, 2.45) is 0 Å². The normalized spacial score (nSPS) is 11.7. The van der Waals surface area contributed by atoms with Crippen LogP contribution in [0.2, 0.25) is 10.0 Å². The highest BCUT2D eigenvalue weighted by molar-refractivity contribution is 6.35. The SMILES string of the molecule is CC(C(=O)Nc1ccc(NC(=O)c2cc(Cl)cc(Cl)c2)cc1)n1cncn1. The van der Waals surface area contributed by atoms with Gasteiger partial charge in [0.05, 0.1) is 0 Å². The van der Waals surface area contributed by atoms with Crippen molar-refractivity contribution in [3.05, 3.63) is 70.7 Å². The molecule has 2 N–H and O–H groups in total. The van der Waals surface area contributed by atoms with Crippen LogP contribution in [-0.2, 0) is 4.79 Å². The molecule has 0 saturated heterocycles. The zero-order valence-corrected chi connectivity index (χ0v) is 15.7. The highest BCUT2D eigenvalue weighted by Crippen LogP contribution is 2.21. The predicted octanol–water partition coefficient (Wildman–Crippen LogP) is 4.04. The van der Waals surface area contributed by atoms with Gasteiger partial charge in [-0.1, -0.05) is 23.2 Å². The van der Waals surface area contributed by atoms with E-state index in [-0.39, 0.29) is 11.8 Å². The Morgan fingerprint density at radius 1 is 1.00 bits per heavy atom. The number of hydrogen-bond donors (Lipinski definition) is 2. The van der Waals surface area contributed by atoms with E-state index in [4.69, 9.17) is 23.2 Å². The summed E-state index contributed by atoms with van der Waals surface area (Å²) in [7, 11) is 0. The molecule has 3 rings (SSSR count). The second-order valence-electron chi connectivity index (χ2n) is 5.73. The first-order valence-corrected chi connectivity index (χ1v) is 8.70. The molecule has 0 radical (unpaired) electrons. The van der Waals surface area contributed by atoms with Crippen LogP contribution in [0.15, 0.2) is 55.1 Å². The quantitative estimate of drug-likeness (QED) is 0.672. The van der Waals surface area contributed by atoms with Gasteiger partial charge >= 0.3 is 0 Å². The zero-order chi connectivity index (χ0) is 19.4. The first kappa shape index (κ1) is 18.9. The van der Waals surface area contributed by atoms with Crippen LogP contribution in [0, 0.1) is 0 Å². The van der Waals surface area contributed by atoms with Crippen LogP contribution < -0.4 is 10.6 Å². The fraction of sp³-hybridized carbons (Fsp3) is 0.111. The van der Waals surface area contributed by atoms with Gasteiger partial charge in [-0.05, 0) is 49.4 Å². The molecule has 0 saturated carbocycles. The lowest BCUT2D eigenvalue weighted by Crippen LogP contribution is -2.24. The van der Waals surface area contributed by atoms with Gasteiger partial charge in [0.25, 0.3) is 5.91 Å². The molecule has 1 aromatic heterocycles. The lowest BCUT2D eigenvalue weighted by molar-refractivity contribution is -0.119. The molecule has 138 valence electrons. The monoisotopic (exact) mass is 403 g/mol. The van der Waals surface area contributed by atoms with Crippen molar-refractivity contribution >= 4 is 46.4 Å². The van der Waals surface area contributed by atoms with Gasteiger partial charge in [-0.15, -0.1) is 0 Å². The van der Waals surface area contributed by atoms with Crippen LogP contribution in [0.5, 0.6) is 0 Å². The van der Waals surface area contributed by atoms with Gasteiger partial charge in [0, 0.05) is 27.0 Å². The van der Waals surface area contributed by atoms with Crippen LogP contribution in [-0.4, -0.2) is 26.6 Å². The number of halogens is 2. The molecule has 0 aliphatic heterocycles. The molecule has 7 nitrogen and oxygen atoms in total. The van der Waals surface area contributed by atoms with Crippen LogP contribution in [0.25, 0.3) is 0 Å². The van der Waals surface area contributed by atoms with Crippen LogP contribution in [0.3, 0.4) is 0 Å². The second-order valence-corrected chi connectivity index (χ2v) is 6.60. The van der Waals surface area contributed by atoms with E-state index < -0.39 is 6.04 Å². The molecule has 2 amide bonds. The fourth-order valence-electron chi connectivity index (χ4n) is 2.31. The molecule has 2 aromatic carbocycles. The molecule has 0 bridgehead atoms. The number of carbonyl (C=O) groups is 2. The van der Waals surface area contributed by atoms with Crippen LogP contribution in [0.1, 0.15) is 23.3 Å². The standard InChI is InChI=1S/C18H15Cl2N5O2/c1-11(25-10-21-9-22-25)17(26)23-15-2-4-16(5-3-15)24-18(27)12-6-13(19)8-14(20)7-12/h2-11H,1H3,(H,23,26)(H,24,27). The highest BCUT2D eigenvalue weighted by atomic mass is 35.5. The van der Waals surface area contributed by atoms with Gasteiger partial charge < -0.3 is 10.6 Å². The molecule has 0 fully saturated rings. The van der Waals surface area contributed by atoms with Gasteiger partial charge in [-0.3, -0.25) is 9.59 Å². The third-order valence-electron chi connectivity index (χ3n) is 3.75. The lowest BCUT2D eigenvalue weighted by atomic mass is 10.2. The summed E-state index contributed by atoms with van der Waals surface area (Å²) >= 11 is 11.8. The Labute approximate surface area is 165 Å². The van der Waals surface area contributed by atoms with Crippen molar-refractivity contribution in [3.8, 4) is 0 Å². The Morgan fingerprint density at radius 3 is 2.15 bits per heavy atom. The summed E-state index contributed by atoms with van der Waals surface area (Å²) in [6, 6.07) is 10.8. The number of carbonyl (C=O) groups excluding carboxylic acids is 2. The third-order valence-corrected chi connectivity index (χ3v) is 4.18. The minimum Gasteiger partial charge on any atom is -0.324 e. The van der Waals surface area contributed by atoms with E-state index in [0.29, 0.717) is 27.0 Å². The third kappa shape index (κ3) is 4.84. The summed E-state index contributed by atoms with van der Waals surface area (Å²) in [5.74, 6) is -0.568. The van der Waals surface area contributed by atoms with E-state index in [2.05, 4.69) is 20.7 Å². The number of nitrogens with zero attached hydrogens (tertiary/aromatic N) is 3. The van der Waals surface area contributed by atoms with Crippen molar-refractivity contribution in [2.75, 3.05) is 10.6 Å². The Balaban J connectivity index is 1.63. The first-order valence-electron chi connectivity index (χ1n) is 7.95. The van der Waals surface area contributed by atoms with Gasteiger partial charge in [0.15, 0.2) is 0 Å². The average Bonchev–Trinajstić information content (AvgIpc) is 3.16. The zero-order valence-electron chi connectivity index (χ0n) is 14.2. The number of amides is 2. The summed E-state index contributed by atoms with van der Waals surface area (Å²) < 4.78 is 1.46. The van der Waals surface area contributed by atoms with E-state index in [9.17, 15) is 9.59 Å². The van der Waals surface area contributed by atoms with Crippen LogP contribution in [0.4, 0.5) is 11.4 Å². The van der Waals surface area contributed by atoms with Gasteiger partial charge in [-0.2, -0.15) is 5.10 Å². The van der Waals surface area contributed by atoms with Crippen molar-refractivity contribution in [1.29, 1.82) is 0 Å². The molecule has 3 aromatic rings. The van der Waals surface area contributed by atoms with E-state index in [1.54, 1.807) is 37.3 Å². The maximum Gasteiger partial charge on any atom is 0.255 e. The van der Waals surface area contributed by atoms with Crippen molar-refractivity contribution < 1.29 is 9.59 Å². The van der Waals surface area contributed by atoms with Crippen LogP contribution >= 0.6 is 23.2 Å². The van der Waals surface area contributed by atoms with E-state index in [1.807, 2.05) is 0 Å². The number of anilines is 2. The average molecular weight is 404 g/mol. The summed E-state index contributed by atoms with van der Waals surface area (Å²) in [6.07, 6.45) is 2.85. The summed E-state index contributed by atoms with van der Waals surface area (Å²) in [5, 5.41) is 10.2. The number of nitrogens with one attached hydrogen (secondary N) is 2. The molecular weight excluding hydrogens is 389 g/mol. The molecule has 27 heavy (non-hydrogen) atoms. The Morgan fingerprint density at radius 2 is 1.59 bits per heavy atom. The lowest BCUT2D eigenvalue weighted by Gasteiger charge is -2.12. The van der Waals surface area contributed by atoms with Crippen molar-refractivity contribution in [2.45, 2.75) is 13.0 Å². The minimum atomic E-state index is -0.501. The Bertz CT molecular complexity index is 938. The van der Waals surface area contributed by atoms with E-state index in [1.165, 1.54) is 29.5 Å². The topological polar surface area (TPSA) is 88.9 Å². The second kappa shape index (κ2) is 8.20. The number of benzene rings is 2. The Kier molecular flexibility index (Phi) is 5.73. The molecule has 1 unspecified atom stereocenters. The summed E-state index contributed by atoms with van der Waals surface area (Å²) in [4.78, 5) is 28.3. The first-order chi connectivity index (χ1) is 12.9. The molecule has 1 atom stereocenters. The predicted molar refractivity (Wildman–Crippen MR) is 104 cm³/mol. The largest absolute Gasteiger partial charge is 0.324 e. The van der Waals surface area contributed by atoms with Crippen molar-refractivity contribution in [3.63, 3.8) is 0 Å². The number of aromatic nitrogens is 3. The van der Waals surface area contributed by atoms with Gasteiger partial charge in [-0.25, -0.2) is 9.67 Å². The van der Waals surface area contributed by atoms with E-state index in [0.717, 1.165) is 0 Å². The minimum absolute atomic E-state index is 0.231. The molecule has 9 heteroatoms. The smallest absolute Gasteiger partial charge is 0.255 e.